The molecule has 0 atom stereocenters. The predicted molar refractivity (Wildman–Crippen MR) is 92.5 cm³/mol. The van der Waals surface area contributed by atoms with E-state index < -0.39 is 0 Å². The molecule has 0 radical (unpaired) electrons. The molecule has 0 spiro atoms. The number of hydrogen-bond acceptors (Lipinski definition) is 7. The Morgan fingerprint density at radius 2 is 1.88 bits per heavy atom. The van der Waals surface area contributed by atoms with E-state index >= 15 is 0 Å². The van der Waals surface area contributed by atoms with E-state index in [9.17, 15) is 4.79 Å². The molecule has 0 bridgehead atoms. The van der Waals surface area contributed by atoms with Crippen LogP contribution < -0.4 is 0 Å². The monoisotopic (exact) mass is 375 g/mol. The molecule has 1 aromatic heterocycles. The average molecular weight is 376 g/mol. The molecule has 2 aromatic rings. The minimum Gasteiger partial charge on any atom is -0.411 e. The molecule has 2 rings (SSSR count). The summed E-state index contributed by atoms with van der Waals surface area (Å²) >= 11 is 7.19. The summed E-state index contributed by atoms with van der Waals surface area (Å²) in [6.07, 6.45) is 0.443. The minimum atomic E-state index is -0.187. The summed E-state index contributed by atoms with van der Waals surface area (Å²) in [6.45, 7) is 0.596. The Kier molecular flexibility index (Phi) is 7.27. The highest BCUT2D eigenvalue weighted by Crippen LogP contribution is 2.28. The highest BCUT2D eigenvalue weighted by molar-refractivity contribution is 7.99. The van der Waals surface area contributed by atoms with Crippen molar-refractivity contribution >= 4 is 29.3 Å². The summed E-state index contributed by atoms with van der Waals surface area (Å²) in [7, 11) is 0. The van der Waals surface area contributed by atoms with Gasteiger partial charge in [-0.3, -0.25) is 4.79 Å². The van der Waals surface area contributed by atoms with Crippen LogP contribution in [0.4, 0.5) is 0 Å². The van der Waals surface area contributed by atoms with Gasteiger partial charge in [0.05, 0.1) is 41.3 Å². The molecule has 0 aliphatic rings. The Labute approximate surface area is 154 Å². The highest BCUT2D eigenvalue weighted by atomic mass is 35.5. The number of nitrogens with zero attached hydrogens (tertiary/aromatic N) is 5. The summed E-state index contributed by atoms with van der Waals surface area (Å²) in [5.41, 5.74) is 0.625. The van der Waals surface area contributed by atoms with Crippen LogP contribution in [-0.4, -0.2) is 39.8 Å². The van der Waals surface area contributed by atoms with E-state index in [1.807, 2.05) is 18.2 Å². The zero-order chi connectivity index (χ0) is 18.1. The minimum absolute atomic E-state index is 0.0843. The molecule has 7 nitrogen and oxygen atoms in total. The smallest absolute Gasteiger partial charge is 0.277 e. The fourth-order valence-electron chi connectivity index (χ4n) is 1.96. The summed E-state index contributed by atoms with van der Waals surface area (Å²) < 4.78 is 5.52. The zero-order valence-electron chi connectivity index (χ0n) is 13.2. The van der Waals surface area contributed by atoms with Crippen LogP contribution in [0.5, 0.6) is 0 Å². The first-order valence-corrected chi connectivity index (χ1v) is 8.75. The van der Waals surface area contributed by atoms with Crippen LogP contribution in [-0.2, 0) is 4.79 Å². The maximum Gasteiger partial charge on any atom is 0.277 e. The van der Waals surface area contributed by atoms with Crippen molar-refractivity contribution in [1.29, 1.82) is 10.5 Å². The lowest BCUT2D eigenvalue weighted by molar-refractivity contribution is -0.128. The third-order valence-corrected chi connectivity index (χ3v) is 4.30. The highest BCUT2D eigenvalue weighted by Gasteiger charge is 2.16. The van der Waals surface area contributed by atoms with Crippen LogP contribution in [0.25, 0.3) is 11.5 Å². The lowest BCUT2D eigenvalue weighted by atomic mass is 10.2. The van der Waals surface area contributed by atoms with Crippen molar-refractivity contribution in [2.45, 2.75) is 18.1 Å². The maximum absolute atomic E-state index is 12.2. The van der Waals surface area contributed by atoms with Crippen LogP contribution in [0.2, 0.25) is 5.02 Å². The molecule has 128 valence electrons. The number of amides is 1. The average Bonchev–Trinajstić information content (AvgIpc) is 3.09. The first-order chi connectivity index (χ1) is 12.2. The van der Waals surface area contributed by atoms with Crippen LogP contribution in [0.15, 0.2) is 33.9 Å². The number of benzene rings is 1. The van der Waals surface area contributed by atoms with E-state index in [2.05, 4.69) is 10.2 Å². The molecule has 1 amide bonds. The van der Waals surface area contributed by atoms with Crippen molar-refractivity contribution in [3.63, 3.8) is 0 Å². The second kappa shape index (κ2) is 9.67. The number of rotatable bonds is 8. The van der Waals surface area contributed by atoms with Gasteiger partial charge in [0, 0.05) is 13.1 Å². The Balaban J connectivity index is 1.96. The number of aromatic nitrogens is 2. The summed E-state index contributed by atoms with van der Waals surface area (Å²) in [5, 5.41) is 25.9. The Morgan fingerprint density at radius 1 is 1.20 bits per heavy atom. The molecule has 0 fully saturated rings. The lowest BCUT2D eigenvalue weighted by Gasteiger charge is -2.19. The molecule has 0 aliphatic carbocycles. The van der Waals surface area contributed by atoms with E-state index in [0.29, 0.717) is 23.7 Å². The summed E-state index contributed by atoms with van der Waals surface area (Å²) in [6, 6.07) is 11.1. The zero-order valence-corrected chi connectivity index (χ0v) is 14.8. The normalized spacial score (nSPS) is 10.0. The second-order valence-electron chi connectivity index (χ2n) is 4.84. The Bertz CT molecular complexity index is 793. The number of nitriles is 2. The van der Waals surface area contributed by atoms with Crippen molar-refractivity contribution in [2.24, 2.45) is 0 Å². The fraction of sp³-hybridized carbons (Fsp3) is 0.312. The molecule has 0 saturated heterocycles. The first kappa shape index (κ1) is 18.8. The van der Waals surface area contributed by atoms with Crippen LogP contribution in [0, 0.1) is 22.7 Å². The van der Waals surface area contributed by atoms with Crippen molar-refractivity contribution in [3.05, 3.63) is 29.3 Å². The second-order valence-corrected chi connectivity index (χ2v) is 6.17. The Hall–Kier alpha value is -2.55. The quantitative estimate of drug-likeness (QED) is 0.652. The van der Waals surface area contributed by atoms with Gasteiger partial charge in [-0.1, -0.05) is 35.5 Å². The lowest BCUT2D eigenvalue weighted by Crippen LogP contribution is -2.34. The summed E-state index contributed by atoms with van der Waals surface area (Å²) in [4.78, 5) is 13.7. The molecule has 0 unspecified atom stereocenters. The van der Waals surface area contributed by atoms with Crippen LogP contribution in [0.3, 0.4) is 0 Å². The van der Waals surface area contributed by atoms with Crippen molar-refractivity contribution in [2.75, 3.05) is 18.8 Å². The van der Waals surface area contributed by atoms with Crippen LogP contribution >= 0.6 is 23.4 Å². The first-order valence-electron chi connectivity index (χ1n) is 7.38. The largest absolute Gasteiger partial charge is 0.411 e. The number of carbonyl (C=O) groups is 1. The van der Waals surface area contributed by atoms with E-state index in [1.54, 1.807) is 18.2 Å². The van der Waals surface area contributed by atoms with Gasteiger partial charge in [-0.15, -0.1) is 10.2 Å². The van der Waals surface area contributed by atoms with Crippen molar-refractivity contribution < 1.29 is 9.21 Å². The van der Waals surface area contributed by atoms with Gasteiger partial charge in [0.1, 0.15) is 0 Å². The maximum atomic E-state index is 12.2. The van der Waals surface area contributed by atoms with Gasteiger partial charge >= 0.3 is 0 Å². The van der Waals surface area contributed by atoms with Gasteiger partial charge in [0.15, 0.2) is 0 Å². The van der Waals surface area contributed by atoms with E-state index in [-0.39, 0.29) is 35.6 Å². The van der Waals surface area contributed by atoms with Gasteiger partial charge < -0.3 is 9.32 Å². The van der Waals surface area contributed by atoms with Crippen LogP contribution in [0.1, 0.15) is 12.8 Å². The number of carbonyl (C=O) groups excluding carboxylic acids is 1. The number of thioether (sulfide) groups is 1. The number of halogens is 1. The molecule has 0 aliphatic heterocycles. The summed E-state index contributed by atoms with van der Waals surface area (Å²) in [5.74, 6) is 0.181. The van der Waals surface area contributed by atoms with E-state index in [0.717, 1.165) is 11.8 Å². The fourth-order valence-corrected chi connectivity index (χ4v) is 2.84. The molecule has 1 aromatic carbocycles. The van der Waals surface area contributed by atoms with Crippen molar-refractivity contribution in [3.8, 4) is 23.6 Å². The van der Waals surface area contributed by atoms with Gasteiger partial charge in [-0.2, -0.15) is 10.5 Å². The van der Waals surface area contributed by atoms with Gasteiger partial charge in [0.25, 0.3) is 5.22 Å². The van der Waals surface area contributed by atoms with Crippen molar-refractivity contribution in [1.82, 2.24) is 15.1 Å². The predicted octanol–water partition coefficient (Wildman–Crippen LogP) is 3.14. The number of hydrogen-bond donors (Lipinski definition) is 0. The molecule has 1 heterocycles. The SMILES string of the molecule is N#CCCN(CCC#N)C(=O)CSc1nnc(-c2ccccc2Cl)o1. The Morgan fingerprint density at radius 3 is 2.52 bits per heavy atom. The molecule has 25 heavy (non-hydrogen) atoms. The molecular weight excluding hydrogens is 362 g/mol. The van der Waals surface area contributed by atoms with E-state index in [4.69, 9.17) is 26.5 Å². The molecule has 0 saturated carbocycles. The van der Waals surface area contributed by atoms with Gasteiger partial charge in [0.2, 0.25) is 11.8 Å². The molecule has 0 N–H and O–H groups in total. The van der Waals surface area contributed by atoms with E-state index in [1.165, 1.54) is 4.90 Å². The van der Waals surface area contributed by atoms with Gasteiger partial charge in [-0.05, 0) is 12.1 Å². The molecule has 9 heteroatoms. The molecular formula is C16H14ClN5O2S. The third-order valence-electron chi connectivity index (χ3n) is 3.17. The third kappa shape index (κ3) is 5.49. The standard InChI is InChI=1S/C16H14ClN5O2S/c17-13-6-2-1-5-12(13)15-20-21-16(24-15)25-11-14(23)22(9-3-7-18)10-4-8-19/h1-2,5-6H,3-4,9-11H2. The van der Waals surface area contributed by atoms with Gasteiger partial charge in [-0.25, -0.2) is 0 Å². The topological polar surface area (TPSA) is 107 Å².